The standard InChI is InChI=1S/C20H31N3O3S/c1-2-16-18(25)21-20(22-19(16)26)27-13-17(24)23(14-9-5-3-6-10-14)15-11-7-4-8-12-15/h14-15H,2-13H2,1H3,(H2,21,22,25,26). The van der Waals surface area contributed by atoms with Crippen LogP contribution in [0.4, 0.5) is 0 Å². The van der Waals surface area contributed by atoms with Crippen LogP contribution in [-0.4, -0.2) is 43.7 Å². The van der Waals surface area contributed by atoms with E-state index in [-0.39, 0.29) is 28.7 Å². The van der Waals surface area contributed by atoms with Crippen LogP contribution in [0, 0.1) is 0 Å². The summed E-state index contributed by atoms with van der Waals surface area (Å²) in [6, 6.07) is 0.718. The number of H-pyrrole nitrogens is 1. The smallest absolute Gasteiger partial charge is 0.258 e. The fraction of sp³-hybridized carbons (Fsp3) is 0.750. The van der Waals surface area contributed by atoms with E-state index >= 15 is 0 Å². The van der Waals surface area contributed by atoms with E-state index in [0.717, 1.165) is 25.7 Å². The second-order valence-corrected chi connectivity index (χ2v) is 8.66. The molecule has 0 unspecified atom stereocenters. The minimum Gasteiger partial charge on any atom is -0.493 e. The first kappa shape index (κ1) is 20.2. The van der Waals surface area contributed by atoms with Crippen LogP contribution < -0.4 is 5.56 Å². The van der Waals surface area contributed by atoms with Crippen molar-refractivity contribution in [3.63, 3.8) is 0 Å². The van der Waals surface area contributed by atoms with Crippen LogP contribution >= 0.6 is 11.8 Å². The van der Waals surface area contributed by atoms with Gasteiger partial charge < -0.3 is 15.0 Å². The van der Waals surface area contributed by atoms with Crippen molar-refractivity contribution in [1.82, 2.24) is 14.9 Å². The van der Waals surface area contributed by atoms with Gasteiger partial charge in [0.05, 0.1) is 11.3 Å². The van der Waals surface area contributed by atoms with Gasteiger partial charge in [-0.2, -0.15) is 4.98 Å². The molecule has 0 spiro atoms. The quantitative estimate of drug-likeness (QED) is 0.569. The van der Waals surface area contributed by atoms with E-state index in [1.165, 1.54) is 50.3 Å². The number of thioether (sulfide) groups is 1. The molecule has 27 heavy (non-hydrogen) atoms. The van der Waals surface area contributed by atoms with E-state index in [9.17, 15) is 14.7 Å². The molecule has 6 nitrogen and oxygen atoms in total. The Morgan fingerprint density at radius 3 is 2.15 bits per heavy atom. The van der Waals surface area contributed by atoms with Gasteiger partial charge in [-0.25, -0.2) is 0 Å². The minimum absolute atomic E-state index is 0.139. The van der Waals surface area contributed by atoms with Crippen molar-refractivity contribution in [3.8, 4) is 5.88 Å². The van der Waals surface area contributed by atoms with Gasteiger partial charge in [0, 0.05) is 12.1 Å². The first-order chi connectivity index (χ1) is 13.1. The topological polar surface area (TPSA) is 86.3 Å². The maximum Gasteiger partial charge on any atom is 0.258 e. The lowest BCUT2D eigenvalue weighted by molar-refractivity contribution is -0.135. The Hall–Kier alpha value is -1.50. The summed E-state index contributed by atoms with van der Waals surface area (Å²) >= 11 is 1.21. The highest BCUT2D eigenvalue weighted by Gasteiger charge is 2.32. The average Bonchev–Trinajstić information content (AvgIpc) is 2.68. The number of aromatic nitrogens is 2. The highest BCUT2D eigenvalue weighted by atomic mass is 32.2. The molecule has 0 aromatic carbocycles. The third kappa shape index (κ3) is 5.06. The van der Waals surface area contributed by atoms with Gasteiger partial charge in [0.25, 0.3) is 5.56 Å². The molecule has 1 aromatic rings. The molecule has 2 N–H and O–H groups in total. The number of hydrogen-bond acceptors (Lipinski definition) is 5. The summed E-state index contributed by atoms with van der Waals surface area (Å²) in [6.07, 6.45) is 12.2. The number of carbonyl (C=O) groups is 1. The zero-order chi connectivity index (χ0) is 19.2. The molecular weight excluding hydrogens is 362 g/mol. The summed E-state index contributed by atoms with van der Waals surface area (Å²) in [5.41, 5.74) is -0.0342. The van der Waals surface area contributed by atoms with Gasteiger partial charge in [-0.3, -0.25) is 9.59 Å². The predicted octanol–water partition coefficient (Wildman–Crippen LogP) is 3.62. The molecule has 0 bridgehead atoms. The maximum absolute atomic E-state index is 13.1. The summed E-state index contributed by atoms with van der Waals surface area (Å²) in [5, 5.41) is 10.2. The van der Waals surface area contributed by atoms with E-state index in [1.807, 2.05) is 0 Å². The summed E-state index contributed by atoms with van der Waals surface area (Å²) in [5.74, 6) is 0.161. The Balaban J connectivity index is 1.69. The summed E-state index contributed by atoms with van der Waals surface area (Å²) < 4.78 is 0. The van der Waals surface area contributed by atoms with Crippen LogP contribution in [0.15, 0.2) is 9.95 Å². The van der Waals surface area contributed by atoms with Crippen molar-refractivity contribution < 1.29 is 9.90 Å². The predicted molar refractivity (Wildman–Crippen MR) is 107 cm³/mol. The van der Waals surface area contributed by atoms with E-state index in [2.05, 4.69) is 14.9 Å². The van der Waals surface area contributed by atoms with Gasteiger partial charge in [0.2, 0.25) is 11.8 Å². The van der Waals surface area contributed by atoms with E-state index in [0.29, 0.717) is 23.7 Å². The molecule has 0 atom stereocenters. The average molecular weight is 394 g/mol. The van der Waals surface area contributed by atoms with Crippen LogP contribution in [0.2, 0.25) is 0 Å². The van der Waals surface area contributed by atoms with Crippen molar-refractivity contribution in [2.45, 2.75) is 94.8 Å². The lowest BCUT2D eigenvalue weighted by atomic mass is 9.88. The molecule has 0 aliphatic heterocycles. The van der Waals surface area contributed by atoms with Gasteiger partial charge in [-0.1, -0.05) is 57.2 Å². The van der Waals surface area contributed by atoms with Gasteiger partial charge >= 0.3 is 0 Å². The molecule has 1 aromatic heterocycles. The third-order valence-corrected chi connectivity index (χ3v) is 6.74. The summed E-state index contributed by atoms with van der Waals surface area (Å²) in [4.78, 5) is 34.0. The van der Waals surface area contributed by atoms with Crippen molar-refractivity contribution in [2.75, 3.05) is 5.75 Å². The zero-order valence-corrected chi connectivity index (χ0v) is 17.0. The molecule has 1 heterocycles. The lowest BCUT2D eigenvalue weighted by Crippen LogP contribution is -2.49. The molecule has 2 aliphatic rings. The SMILES string of the molecule is CCc1c(O)nc(SCC(=O)N(C2CCCCC2)C2CCCCC2)[nH]c1=O. The van der Waals surface area contributed by atoms with Crippen LogP contribution in [0.3, 0.4) is 0 Å². The molecule has 2 saturated carbocycles. The Kier molecular flexibility index (Phi) is 7.21. The van der Waals surface area contributed by atoms with Crippen LogP contribution in [0.25, 0.3) is 0 Å². The molecule has 0 radical (unpaired) electrons. The summed E-state index contributed by atoms with van der Waals surface area (Å²) in [6.45, 7) is 1.80. The highest BCUT2D eigenvalue weighted by molar-refractivity contribution is 7.99. The Morgan fingerprint density at radius 1 is 1.11 bits per heavy atom. The number of hydrogen-bond donors (Lipinski definition) is 2. The summed E-state index contributed by atoms with van der Waals surface area (Å²) in [7, 11) is 0. The molecule has 2 aliphatic carbocycles. The number of nitrogens with zero attached hydrogens (tertiary/aromatic N) is 2. The van der Waals surface area contributed by atoms with E-state index in [4.69, 9.17) is 0 Å². The van der Waals surface area contributed by atoms with Crippen LogP contribution in [0.1, 0.15) is 76.7 Å². The fourth-order valence-electron chi connectivity index (χ4n) is 4.48. The number of nitrogens with one attached hydrogen (secondary N) is 1. The van der Waals surface area contributed by atoms with Crippen LogP contribution in [-0.2, 0) is 11.2 Å². The normalized spacial score (nSPS) is 19.1. The Morgan fingerprint density at radius 2 is 1.67 bits per heavy atom. The fourth-order valence-corrected chi connectivity index (χ4v) is 5.21. The van der Waals surface area contributed by atoms with Gasteiger partial charge in [-0.15, -0.1) is 0 Å². The third-order valence-electron chi connectivity index (χ3n) is 5.88. The number of rotatable bonds is 6. The van der Waals surface area contributed by atoms with Crippen LogP contribution in [0.5, 0.6) is 5.88 Å². The monoisotopic (exact) mass is 393 g/mol. The van der Waals surface area contributed by atoms with Crippen molar-refractivity contribution in [2.24, 2.45) is 0 Å². The lowest BCUT2D eigenvalue weighted by Gasteiger charge is -2.41. The van der Waals surface area contributed by atoms with E-state index < -0.39 is 0 Å². The largest absolute Gasteiger partial charge is 0.493 e. The zero-order valence-electron chi connectivity index (χ0n) is 16.2. The molecule has 1 amide bonds. The first-order valence-electron chi connectivity index (χ1n) is 10.4. The second-order valence-electron chi connectivity index (χ2n) is 7.70. The first-order valence-corrected chi connectivity index (χ1v) is 11.3. The minimum atomic E-state index is -0.323. The van der Waals surface area contributed by atoms with E-state index in [1.54, 1.807) is 6.92 Å². The van der Waals surface area contributed by atoms with Crippen molar-refractivity contribution in [3.05, 3.63) is 15.9 Å². The molecule has 3 rings (SSSR count). The van der Waals surface area contributed by atoms with Crippen molar-refractivity contribution in [1.29, 1.82) is 0 Å². The number of carbonyl (C=O) groups excluding carboxylic acids is 1. The highest BCUT2D eigenvalue weighted by Crippen LogP contribution is 2.31. The number of aromatic amines is 1. The van der Waals surface area contributed by atoms with Gasteiger partial charge in [-0.05, 0) is 32.1 Å². The van der Waals surface area contributed by atoms with Gasteiger partial charge in [0.1, 0.15) is 0 Å². The molecule has 0 saturated heterocycles. The molecular formula is C20H31N3O3S. The second kappa shape index (κ2) is 9.62. The Labute approximate surface area is 165 Å². The Bertz CT molecular complexity index is 676. The molecule has 150 valence electrons. The molecule has 7 heteroatoms. The van der Waals surface area contributed by atoms with Crippen molar-refractivity contribution >= 4 is 17.7 Å². The van der Waals surface area contributed by atoms with Gasteiger partial charge in [0.15, 0.2) is 5.16 Å². The number of amides is 1. The molecule has 2 fully saturated rings. The number of aromatic hydroxyl groups is 1. The maximum atomic E-state index is 13.1.